The van der Waals surface area contributed by atoms with E-state index in [9.17, 15) is 0 Å². The first-order chi connectivity index (χ1) is 12.4. The van der Waals surface area contributed by atoms with Gasteiger partial charge in [-0.15, -0.1) is 0 Å². The van der Waals surface area contributed by atoms with E-state index in [0.29, 0.717) is 5.82 Å². The third-order valence-corrected chi connectivity index (χ3v) is 3.91. The average Bonchev–Trinajstić information content (AvgIpc) is 3.13. The number of H-pyrrole nitrogens is 1. The molecule has 0 saturated heterocycles. The van der Waals surface area contributed by atoms with E-state index in [1.54, 1.807) is 0 Å². The number of nitrogens with zero attached hydrogens (tertiary/aromatic N) is 1. The molecule has 1 aromatic heterocycles. The highest BCUT2D eigenvalue weighted by molar-refractivity contribution is 5.78. The molecule has 0 fully saturated rings. The number of imidazole rings is 1. The number of aromatic amines is 1. The van der Waals surface area contributed by atoms with Gasteiger partial charge in [0.1, 0.15) is 0 Å². The van der Waals surface area contributed by atoms with Crippen molar-refractivity contribution in [1.29, 1.82) is 0 Å². The summed E-state index contributed by atoms with van der Waals surface area (Å²) < 4.78 is 0. The predicted molar refractivity (Wildman–Crippen MR) is 102 cm³/mol. The lowest BCUT2D eigenvalue weighted by Crippen LogP contribution is -1.82. The van der Waals surface area contributed by atoms with Crippen LogP contribution in [-0.2, 0) is 0 Å². The van der Waals surface area contributed by atoms with Crippen LogP contribution in [0.15, 0.2) is 91.0 Å². The van der Waals surface area contributed by atoms with E-state index in [-0.39, 0.29) is 0 Å². The number of hydrogen-bond acceptors (Lipinski definition) is 1. The minimum absolute atomic E-state index is 0.668. The van der Waals surface area contributed by atoms with Crippen molar-refractivity contribution in [3.63, 3.8) is 0 Å². The minimum atomic E-state index is 0.668. The number of nitrogens with one attached hydrogen (secondary N) is 1. The zero-order valence-electron chi connectivity index (χ0n) is 13.6. The molecule has 4 aromatic rings. The number of benzene rings is 3. The van der Waals surface area contributed by atoms with Gasteiger partial charge in [-0.2, -0.15) is 0 Å². The van der Waals surface area contributed by atoms with E-state index >= 15 is 0 Å². The SMILES string of the molecule is C(#Cc1nc(-c2ccccc2)c(-c2ccccc2)[nH]1)c1ccccc1. The molecule has 0 radical (unpaired) electrons. The standard InChI is InChI=1S/C23H16N2/c1-4-10-18(11-5-1)16-17-21-24-22(19-12-6-2-7-13-19)23(25-21)20-14-8-3-9-15-20/h1-15H,(H,24,25). The molecule has 0 unspecified atom stereocenters. The Morgan fingerprint density at radius 1 is 0.600 bits per heavy atom. The summed E-state index contributed by atoms with van der Waals surface area (Å²) in [4.78, 5) is 8.12. The maximum absolute atomic E-state index is 4.74. The maximum atomic E-state index is 4.74. The molecule has 25 heavy (non-hydrogen) atoms. The lowest BCUT2D eigenvalue weighted by molar-refractivity contribution is 1.25. The summed E-state index contributed by atoms with van der Waals surface area (Å²) in [5.41, 5.74) is 5.06. The molecule has 4 rings (SSSR count). The highest BCUT2D eigenvalue weighted by Gasteiger charge is 2.12. The van der Waals surface area contributed by atoms with Gasteiger partial charge in [-0.25, -0.2) is 4.98 Å². The van der Waals surface area contributed by atoms with Gasteiger partial charge < -0.3 is 4.98 Å². The Hall–Kier alpha value is -3.57. The molecule has 3 aromatic carbocycles. The van der Waals surface area contributed by atoms with Crippen molar-refractivity contribution in [3.8, 4) is 34.4 Å². The van der Waals surface area contributed by atoms with Crippen LogP contribution in [0.1, 0.15) is 11.4 Å². The molecule has 1 heterocycles. The molecule has 0 aliphatic rings. The third-order valence-electron chi connectivity index (χ3n) is 3.91. The Morgan fingerprint density at radius 2 is 1.16 bits per heavy atom. The molecule has 0 aliphatic heterocycles. The molecule has 0 amide bonds. The van der Waals surface area contributed by atoms with E-state index in [0.717, 1.165) is 28.1 Å². The van der Waals surface area contributed by atoms with Gasteiger partial charge in [0.25, 0.3) is 0 Å². The molecule has 0 atom stereocenters. The van der Waals surface area contributed by atoms with Crippen molar-refractivity contribution in [2.75, 3.05) is 0 Å². The summed E-state index contributed by atoms with van der Waals surface area (Å²) in [6.07, 6.45) is 0. The van der Waals surface area contributed by atoms with Gasteiger partial charge in [-0.1, -0.05) is 84.8 Å². The van der Waals surface area contributed by atoms with Crippen molar-refractivity contribution in [2.45, 2.75) is 0 Å². The average molecular weight is 320 g/mol. The fourth-order valence-electron chi connectivity index (χ4n) is 2.70. The zero-order chi connectivity index (χ0) is 16.9. The molecular formula is C23H16N2. The molecular weight excluding hydrogens is 304 g/mol. The molecule has 0 aliphatic carbocycles. The molecule has 0 spiro atoms. The molecule has 2 nitrogen and oxygen atoms in total. The Kier molecular flexibility index (Phi) is 4.14. The Morgan fingerprint density at radius 3 is 1.80 bits per heavy atom. The van der Waals surface area contributed by atoms with Crippen LogP contribution in [-0.4, -0.2) is 9.97 Å². The molecule has 2 heteroatoms. The predicted octanol–water partition coefficient (Wildman–Crippen LogP) is 5.14. The second-order valence-electron chi connectivity index (χ2n) is 5.66. The van der Waals surface area contributed by atoms with Crippen molar-refractivity contribution in [2.24, 2.45) is 0 Å². The second-order valence-corrected chi connectivity index (χ2v) is 5.66. The summed E-state index contributed by atoms with van der Waals surface area (Å²) in [7, 11) is 0. The summed E-state index contributed by atoms with van der Waals surface area (Å²) in [5.74, 6) is 6.97. The first-order valence-corrected chi connectivity index (χ1v) is 8.18. The molecule has 1 N–H and O–H groups in total. The van der Waals surface area contributed by atoms with Crippen molar-refractivity contribution in [3.05, 3.63) is 102 Å². The highest BCUT2D eigenvalue weighted by Crippen LogP contribution is 2.29. The van der Waals surface area contributed by atoms with Crippen molar-refractivity contribution in [1.82, 2.24) is 9.97 Å². The van der Waals surface area contributed by atoms with Crippen molar-refractivity contribution < 1.29 is 0 Å². The zero-order valence-corrected chi connectivity index (χ0v) is 13.6. The van der Waals surface area contributed by atoms with Gasteiger partial charge >= 0.3 is 0 Å². The smallest absolute Gasteiger partial charge is 0.184 e. The summed E-state index contributed by atoms with van der Waals surface area (Å²) >= 11 is 0. The first kappa shape index (κ1) is 15.0. The van der Waals surface area contributed by atoms with E-state index < -0.39 is 0 Å². The van der Waals surface area contributed by atoms with Gasteiger partial charge in [0.05, 0.1) is 11.4 Å². The molecule has 0 saturated carbocycles. The minimum Gasteiger partial charge on any atom is -0.331 e. The van der Waals surface area contributed by atoms with Gasteiger partial charge in [-0.3, -0.25) is 0 Å². The molecule has 118 valence electrons. The van der Waals surface area contributed by atoms with E-state index in [2.05, 4.69) is 41.1 Å². The van der Waals surface area contributed by atoms with Crippen LogP contribution in [0.4, 0.5) is 0 Å². The normalized spacial score (nSPS) is 10.1. The topological polar surface area (TPSA) is 28.7 Å². The number of rotatable bonds is 2. The third kappa shape index (κ3) is 3.36. The summed E-state index contributed by atoms with van der Waals surface area (Å²) in [5, 5.41) is 0. The summed E-state index contributed by atoms with van der Waals surface area (Å²) in [6, 6.07) is 30.3. The maximum Gasteiger partial charge on any atom is 0.184 e. The Balaban J connectivity index is 1.81. The van der Waals surface area contributed by atoms with Gasteiger partial charge in [0.15, 0.2) is 5.82 Å². The largest absolute Gasteiger partial charge is 0.331 e. The number of hydrogen-bond donors (Lipinski definition) is 1. The molecule has 0 bridgehead atoms. The fourth-order valence-corrected chi connectivity index (χ4v) is 2.70. The van der Waals surface area contributed by atoms with Gasteiger partial charge in [0.2, 0.25) is 0 Å². The van der Waals surface area contributed by atoms with Gasteiger partial charge in [0, 0.05) is 16.7 Å². The van der Waals surface area contributed by atoms with Crippen LogP contribution in [0.25, 0.3) is 22.5 Å². The monoisotopic (exact) mass is 320 g/mol. The second kappa shape index (κ2) is 6.90. The van der Waals surface area contributed by atoms with Crippen LogP contribution in [0, 0.1) is 11.8 Å². The number of aromatic nitrogens is 2. The first-order valence-electron chi connectivity index (χ1n) is 8.18. The van der Waals surface area contributed by atoms with E-state index in [4.69, 9.17) is 4.98 Å². The van der Waals surface area contributed by atoms with Crippen LogP contribution < -0.4 is 0 Å². The fraction of sp³-hybridized carbons (Fsp3) is 0. The lowest BCUT2D eigenvalue weighted by Gasteiger charge is -2.02. The van der Waals surface area contributed by atoms with Crippen LogP contribution in [0.5, 0.6) is 0 Å². The van der Waals surface area contributed by atoms with Gasteiger partial charge in [-0.05, 0) is 18.1 Å². The van der Waals surface area contributed by atoms with Crippen LogP contribution >= 0.6 is 0 Å². The summed E-state index contributed by atoms with van der Waals surface area (Å²) in [6.45, 7) is 0. The highest BCUT2D eigenvalue weighted by atomic mass is 14.9. The van der Waals surface area contributed by atoms with Crippen LogP contribution in [0.2, 0.25) is 0 Å². The van der Waals surface area contributed by atoms with E-state index in [1.807, 2.05) is 66.7 Å². The van der Waals surface area contributed by atoms with E-state index in [1.165, 1.54) is 0 Å². The van der Waals surface area contributed by atoms with Crippen LogP contribution in [0.3, 0.4) is 0 Å². The Bertz CT molecular complexity index is 964. The Labute approximate surface area is 147 Å². The van der Waals surface area contributed by atoms with Crippen molar-refractivity contribution >= 4 is 0 Å². The quantitative estimate of drug-likeness (QED) is 0.509. The lowest BCUT2D eigenvalue weighted by atomic mass is 10.1.